The van der Waals surface area contributed by atoms with E-state index in [-0.39, 0.29) is 91.6 Å². The zero-order chi connectivity index (χ0) is 78.2. The maximum absolute atomic E-state index is 14.7. The summed E-state index contributed by atoms with van der Waals surface area (Å²) in [7, 11) is 0. The molecule has 586 valence electrons. The second-order valence-corrected chi connectivity index (χ2v) is 42.7. The van der Waals surface area contributed by atoms with Crippen molar-refractivity contribution in [1.82, 2.24) is 0 Å². The molecule has 26 heteroatoms. The average Bonchev–Trinajstić information content (AvgIpc) is 1.52. The number of carbonyl (C=O) groups excluding carboxylic acids is 8. The third kappa shape index (κ3) is 10.2. The van der Waals surface area contributed by atoms with E-state index in [1.807, 2.05) is 24.3 Å². The topological polar surface area (TPSA) is 198 Å². The van der Waals surface area contributed by atoms with E-state index >= 15 is 0 Å². The van der Waals surface area contributed by atoms with E-state index < -0.39 is 68.8 Å². The van der Waals surface area contributed by atoms with Crippen LogP contribution in [0, 0.1) is 58.8 Å². The number of rotatable bonds is 5. The van der Waals surface area contributed by atoms with Crippen molar-refractivity contribution in [3.8, 4) is 62.0 Å². The fourth-order valence-electron chi connectivity index (χ4n) is 22.8. The first-order valence-electron chi connectivity index (χ1n) is 40.7. The van der Waals surface area contributed by atoms with Crippen molar-refractivity contribution in [1.29, 1.82) is 0 Å². The molecule has 10 aliphatic carbocycles. The van der Waals surface area contributed by atoms with Crippen LogP contribution in [-0.4, -0.2) is 57.7 Å². The van der Waals surface area contributed by atoms with Crippen molar-refractivity contribution >= 4 is 189 Å². The van der Waals surface area contributed by atoms with Gasteiger partial charge in [0.05, 0.1) is 69.0 Å². The summed E-state index contributed by atoms with van der Waals surface area (Å²) < 4.78 is 93.2. The zero-order valence-electron chi connectivity index (χ0n) is 62.2. The molecule has 2 aromatic carbocycles. The molecule has 0 N–H and O–H groups in total. The number of nitrogens with zero attached hydrogens (tertiary/aromatic N) is 2. The van der Waals surface area contributed by atoms with Gasteiger partial charge in [0.2, 0.25) is 0 Å². The molecule has 8 saturated carbocycles. The van der Waals surface area contributed by atoms with Crippen LogP contribution in [0.25, 0.3) is 70.0 Å². The highest BCUT2D eigenvalue weighted by molar-refractivity contribution is 7.36. The van der Waals surface area contributed by atoms with Crippen molar-refractivity contribution in [2.75, 3.05) is 0 Å². The minimum absolute atomic E-state index is 0.0585. The number of fused-ring (bicyclic) bond motifs is 26. The van der Waals surface area contributed by atoms with E-state index in [2.05, 4.69) is 0 Å². The Hall–Kier alpha value is -8.34. The van der Waals surface area contributed by atoms with Gasteiger partial charge in [-0.3, -0.25) is 38.4 Å². The normalized spacial score (nSPS) is 26.8. The van der Waals surface area contributed by atoms with Crippen molar-refractivity contribution in [3.05, 3.63) is 137 Å². The van der Waals surface area contributed by atoms with Gasteiger partial charge in [0.25, 0.3) is 0 Å². The molecule has 4 atom stereocenters. The average molecular weight is 1700 g/mol. The van der Waals surface area contributed by atoms with Gasteiger partial charge in [0.1, 0.15) is 55.4 Å². The first-order chi connectivity index (χ1) is 56.2. The molecular weight excluding hydrogens is 1630 g/mol. The Kier molecular flexibility index (Phi) is 15.8. The maximum Gasteiger partial charge on any atom is 0.197 e. The molecule has 14 aliphatic rings. The molecule has 4 unspecified atom stereocenters. The highest BCUT2D eigenvalue weighted by Gasteiger charge is 2.57. The number of ketones is 8. The molecule has 0 radical (unpaired) electrons. The van der Waals surface area contributed by atoms with E-state index in [1.54, 1.807) is 45.3 Å². The number of carbonyl (C=O) groups is 8. The lowest BCUT2D eigenvalue weighted by atomic mass is 9.64. The van der Waals surface area contributed by atoms with E-state index in [4.69, 9.17) is 28.9 Å². The van der Waals surface area contributed by atoms with E-state index in [0.29, 0.717) is 100 Å². The Morgan fingerprint density at radius 2 is 0.586 bits per heavy atom. The van der Waals surface area contributed by atoms with Gasteiger partial charge in [-0.25, -0.2) is 27.5 Å². The number of hydrogen-bond donors (Lipinski definition) is 0. The van der Waals surface area contributed by atoms with Crippen LogP contribution in [0.5, 0.6) is 23.0 Å². The number of halogens is 4. The second-order valence-electron chi connectivity index (χ2n) is 34.4. The summed E-state index contributed by atoms with van der Waals surface area (Å²) in [5.41, 5.74) is 0.623. The molecule has 24 rings (SSSR count). The van der Waals surface area contributed by atoms with Gasteiger partial charge in [0, 0.05) is 90.1 Å². The summed E-state index contributed by atoms with van der Waals surface area (Å²) in [6.45, 7) is 0. The Morgan fingerprint density at radius 1 is 0.310 bits per heavy atom. The predicted octanol–water partition coefficient (Wildman–Crippen LogP) is 24.1. The summed E-state index contributed by atoms with van der Waals surface area (Å²) in [6, 6.07) is 10.9. The lowest BCUT2D eigenvalue weighted by Gasteiger charge is -2.47. The largest absolute Gasteiger partial charge is 0.481 e. The first-order valence-corrected chi connectivity index (χ1v) is 47.2. The van der Waals surface area contributed by atoms with Crippen molar-refractivity contribution in [2.45, 2.75) is 189 Å². The van der Waals surface area contributed by atoms with Crippen LogP contribution in [0.1, 0.15) is 240 Å². The summed E-state index contributed by atoms with van der Waals surface area (Å²) >= 11 is 12.8. The molecular formula is C90H68F4N2O12S8. The molecule has 0 amide bonds. The first kappa shape index (κ1) is 71.7. The molecule has 4 spiro atoms. The number of hydrogen-bond acceptors (Lipinski definition) is 22. The van der Waals surface area contributed by atoms with Gasteiger partial charge in [-0.15, -0.1) is 90.7 Å². The predicted molar refractivity (Wildman–Crippen MR) is 443 cm³/mol. The number of aliphatic imine (C=N–C) groups is 2. The molecule has 4 aliphatic heterocycles. The van der Waals surface area contributed by atoms with Crippen LogP contribution < -0.4 is 18.9 Å². The monoisotopic (exact) mass is 1700 g/mol. The fourth-order valence-corrected chi connectivity index (χ4v) is 33.8. The quantitative estimate of drug-likeness (QED) is 0.0899. The van der Waals surface area contributed by atoms with Crippen LogP contribution in [0.15, 0.2) is 69.7 Å². The Bertz CT molecular complexity index is 6260. The third-order valence-electron chi connectivity index (χ3n) is 28.3. The SMILES string of the molecule is O=C1C(=Cc2cc3c(s2)-c2sc4c5c(sc4c2C2(CCCCC2)O3)-c2sc(C=C3C(=O)c4cc(F)c(F)cc4C3=O)cc2OC52CCC(C3CCC4(CC3)Oc3cc(N=C5C(=O)C6CCCCC6C5=O)sc3-c3sc5c6c(sc5c34)-c3sc(N=C4C(=O)C5CCCCC5C4=O)cc3OC63CCCCC3)CC2)C(=O)c2cc(F)c(F)cc21. The number of ether oxygens (including phenoxy) is 4. The van der Waals surface area contributed by atoms with Gasteiger partial charge in [-0.05, 0) is 189 Å². The van der Waals surface area contributed by atoms with Crippen LogP contribution in [0.3, 0.4) is 0 Å². The minimum Gasteiger partial charge on any atom is -0.481 e. The summed E-state index contributed by atoms with van der Waals surface area (Å²) in [5.74, 6) is -6.04. The van der Waals surface area contributed by atoms with Gasteiger partial charge in [-0.1, -0.05) is 38.5 Å². The lowest BCUT2D eigenvalue weighted by molar-refractivity contribution is -0.120. The fraction of sp³-hybridized carbons (Fsp3) is 0.400. The standard InChI is InChI=1S/C90H68F4N2O12S8/c91-51-31-45-46(32-52(51)92)68(98)49(67(45)97)27-39-29-55-75(109-39)79-61(87(105-55)19-7-1-8-20-87)83-85(113-79)63-80(114-83)76-56(30-40(110-76)28-50-69(99)47-33-53(93)54(94)34-48(47)70(50)100)106-89(63)23-15-37(16-24-89)38-17-25-90(26-18-38)64-82(78-58(108-90)36-60(112-78)96-66-73(103)43-13-5-6-14-44(43)74(66)104)116-84-62-81(115-86(64)84)77-57(107-88(62)21-9-2-10-22-88)35-59(111-77)95-65-71(101)41-11-3-4-12-42(41)72(65)102/h27-38,41-44H,1-26H2. The summed E-state index contributed by atoms with van der Waals surface area (Å²) in [4.78, 5) is 131. The highest BCUT2D eigenvalue weighted by Crippen LogP contribution is 2.71. The third-order valence-corrected chi connectivity index (χ3v) is 38.2. The zero-order valence-corrected chi connectivity index (χ0v) is 68.7. The smallest absolute Gasteiger partial charge is 0.197 e. The molecule has 0 bridgehead atoms. The number of allylic oxidation sites excluding steroid dienone is 2. The Morgan fingerprint density at radius 3 is 0.888 bits per heavy atom. The van der Waals surface area contributed by atoms with Gasteiger partial charge < -0.3 is 18.9 Å². The van der Waals surface area contributed by atoms with Crippen molar-refractivity contribution in [3.63, 3.8) is 0 Å². The molecule has 10 aromatic rings. The maximum atomic E-state index is 14.7. The Balaban J connectivity index is 0.592. The number of benzene rings is 2. The van der Waals surface area contributed by atoms with E-state index in [1.165, 1.54) is 78.0 Å². The van der Waals surface area contributed by atoms with Crippen molar-refractivity contribution in [2.24, 2.45) is 45.5 Å². The van der Waals surface area contributed by atoms with Gasteiger partial charge in [-0.2, -0.15) is 0 Å². The van der Waals surface area contributed by atoms with Crippen LogP contribution in [0.2, 0.25) is 0 Å². The number of Topliss-reactive ketones (excluding diaryl/α,β-unsaturated/α-hetero) is 8. The molecule has 116 heavy (non-hydrogen) atoms. The van der Waals surface area contributed by atoms with Crippen LogP contribution in [-0.2, 0) is 41.6 Å². The summed E-state index contributed by atoms with van der Waals surface area (Å²) in [5, 5.41) is 1.17. The van der Waals surface area contributed by atoms with Gasteiger partial charge in [0.15, 0.2) is 81.0 Å². The molecule has 12 heterocycles. The molecule has 8 aromatic heterocycles. The van der Waals surface area contributed by atoms with Gasteiger partial charge >= 0.3 is 0 Å². The molecule has 14 nitrogen and oxygen atoms in total. The Labute approximate surface area is 692 Å². The molecule has 0 saturated heterocycles. The molecule has 8 fully saturated rings. The van der Waals surface area contributed by atoms with Crippen LogP contribution >= 0.6 is 90.7 Å². The van der Waals surface area contributed by atoms with E-state index in [9.17, 15) is 55.9 Å². The highest BCUT2D eigenvalue weighted by atomic mass is 32.1. The second kappa shape index (κ2) is 25.6. The summed E-state index contributed by atoms with van der Waals surface area (Å²) in [6.07, 6.45) is 24.8. The lowest BCUT2D eigenvalue weighted by Crippen LogP contribution is -2.43. The van der Waals surface area contributed by atoms with Crippen molar-refractivity contribution < 1.29 is 74.9 Å². The number of thiophene rings is 8. The van der Waals surface area contributed by atoms with Crippen LogP contribution in [0.4, 0.5) is 27.6 Å². The van der Waals surface area contributed by atoms with E-state index in [0.717, 1.165) is 205 Å². The minimum atomic E-state index is -1.22.